The first-order valence-corrected chi connectivity index (χ1v) is 4.26. The zero-order chi connectivity index (χ0) is 8.97. The zero-order valence-electron chi connectivity index (χ0n) is 7.57. The summed E-state index contributed by atoms with van der Waals surface area (Å²) in [7, 11) is 0. The summed E-state index contributed by atoms with van der Waals surface area (Å²) >= 11 is 0. The highest BCUT2D eigenvalue weighted by atomic mass is 16.5. The Hall–Kier alpha value is -0.860. The Labute approximate surface area is 73.4 Å². The Kier molecular flexibility index (Phi) is 3.26. The fourth-order valence-electron chi connectivity index (χ4n) is 1.18. The molecule has 66 valence electrons. The lowest BCUT2D eigenvalue weighted by atomic mass is 10.1. The standard InChI is InChI=1S/C10H15NO/c1-3-11(12)9(2)10-7-5-4-6-8-10/h4-9,12H,3H2,1-2H3. The number of hydrogen-bond acceptors (Lipinski definition) is 2. The average molecular weight is 165 g/mol. The summed E-state index contributed by atoms with van der Waals surface area (Å²) in [6, 6.07) is 10.1. The largest absolute Gasteiger partial charge is 0.313 e. The maximum Gasteiger partial charge on any atom is 0.0571 e. The van der Waals surface area contributed by atoms with Crippen molar-refractivity contribution in [3.05, 3.63) is 35.9 Å². The molecule has 0 fully saturated rings. The second kappa shape index (κ2) is 4.24. The van der Waals surface area contributed by atoms with Crippen molar-refractivity contribution < 1.29 is 5.21 Å². The maximum atomic E-state index is 9.41. The van der Waals surface area contributed by atoms with Gasteiger partial charge in [0.05, 0.1) is 6.04 Å². The molecule has 0 saturated carbocycles. The van der Waals surface area contributed by atoms with E-state index in [4.69, 9.17) is 0 Å². The normalized spacial score (nSPS) is 13.3. The molecule has 1 atom stereocenters. The fourth-order valence-corrected chi connectivity index (χ4v) is 1.18. The van der Waals surface area contributed by atoms with Crippen LogP contribution in [0.15, 0.2) is 30.3 Å². The number of hydroxylamine groups is 2. The van der Waals surface area contributed by atoms with E-state index in [1.54, 1.807) is 0 Å². The van der Waals surface area contributed by atoms with Crippen LogP contribution < -0.4 is 0 Å². The smallest absolute Gasteiger partial charge is 0.0571 e. The van der Waals surface area contributed by atoms with Gasteiger partial charge in [-0.3, -0.25) is 0 Å². The molecule has 0 aliphatic heterocycles. The Morgan fingerprint density at radius 2 is 1.92 bits per heavy atom. The molecule has 1 rings (SSSR count). The van der Waals surface area contributed by atoms with Crippen molar-refractivity contribution in [1.29, 1.82) is 0 Å². The summed E-state index contributed by atoms with van der Waals surface area (Å²) in [6.45, 7) is 4.56. The predicted octanol–water partition coefficient (Wildman–Crippen LogP) is 2.46. The predicted molar refractivity (Wildman–Crippen MR) is 49.0 cm³/mol. The minimum absolute atomic E-state index is 0.0798. The number of nitrogens with zero attached hydrogens (tertiary/aromatic N) is 1. The van der Waals surface area contributed by atoms with Gasteiger partial charge in [-0.2, -0.15) is 5.06 Å². The van der Waals surface area contributed by atoms with E-state index in [0.29, 0.717) is 6.54 Å². The minimum Gasteiger partial charge on any atom is -0.313 e. The average Bonchev–Trinajstić information content (AvgIpc) is 2.17. The molecule has 1 unspecified atom stereocenters. The van der Waals surface area contributed by atoms with Crippen molar-refractivity contribution in [2.75, 3.05) is 6.54 Å². The van der Waals surface area contributed by atoms with Gasteiger partial charge in [-0.05, 0) is 12.5 Å². The monoisotopic (exact) mass is 165 g/mol. The van der Waals surface area contributed by atoms with Crippen molar-refractivity contribution in [2.45, 2.75) is 19.9 Å². The highest BCUT2D eigenvalue weighted by molar-refractivity contribution is 5.17. The van der Waals surface area contributed by atoms with Gasteiger partial charge in [0.25, 0.3) is 0 Å². The molecule has 2 heteroatoms. The van der Waals surface area contributed by atoms with Crippen LogP contribution >= 0.6 is 0 Å². The van der Waals surface area contributed by atoms with Crippen molar-refractivity contribution in [3.63, 3.8) is 0 Å². The van der Waals surface area contributed by atoms with E-state index in [0.717, 1.165) is 5.56 Å². The van der Waals surface area contributed by atoms with Gasteiger partial charge >= 0.3 is 0 Å². The molecule has 0 radical (unpaired) electrons. The van der Waals surface area contributed by atoms with E-state index < -0.39 is 0 Å². The third-order valence-electron chi connectivity index (χ3n) is 2.05. The summed E-state index contributed by atoms with van der Waals surface area (Å²) in [5.74, 6) is 0. The molecular weight excluding hydrogens is 150 g/mol. The van der Waals surface area contributed by atoms with Crippen molar-refractivity contribution in [1.82, 2.24) is 5.06 Å². The minimum atomic E-state index is 0.0798. The first kappa shape index (κ1) is 9.23. The van der Waals surface area contributed by atoms with E-state index in [1.165, 1.54) is 5.06 Å². The summed E-state index contributed by atoms with van der Waals surface area (Å²) < 4.78 is 0. The van der Waals surface area contributed by atoms with Crippen LogP contribution in [-0.4, -0.2) is 16.8 Å². The van der Waals surface area contributed by atoms with Gasteiger partial charge in [0.2, 0.25) is 0 Å². The molecule has 0 saturated heterocycles. The SMILES string of the molecule is CCN(O)C(C)c1ccccc1. The molecule has 0 spiro atoms. The van der Waals surface area contributed by atoms with Crippen LogP contribution in [0, 0.1) is 0 Å². The van der Waals surface area contributed by atoms with Crippen molar-refractivity contribution in [2.24, 2.45) is 0 Å². The van der Waals surface area contributed by atoms with Gasteiger partial charge < -0.3 is 5.21 Å². The molecule has 0 heterocycles. The molecule has 1 aromatic rings. The molecule has 0 aliphatic rings. The Balaban J connectivity index is 2.71. The molecular formula is C10H15NO. The van der Waals surface area contributed by atoms with E-state index in [1.807, 2.05) is 44.2 Å². The lowest BCUT2D eigenvalue weighted by Gasteiger charge is -2.20. The van der Waals surface area contributed by atoms with Gasteiger partial charge in [-0.15, -0.1) is 0 Å². The van der Waals surface area contributed by atoms with E-state index in [-0.39, 0.29) is 6.04 Å². The number of benzene rings is 1. The van der Waals surface area contributed by atoms with Crippen LogP contribution in [0.25, 0.3) is 0 Å². The second-order valence-corrected chi connectivity index (χ2v) is 2.84. The van der Waals surface area contributed by atoms with Gasteiger partial charge in [0.1, 0.15) is 0 Å². The van der Waals surface area contributed by atoms with E-state index in [2.05, 4.69) is 0 Å². The second-order valence-electron chi connectivity index (χ2n) is 2.84. The van der Waals surface area contributed by atoms with Gasteiger partial charge in [-0.1, -0.05) is 37.3 Å². The first-order valence-electron chi connectivity index (χ1n) is 4.26. The van der Waals surface area contributed by atoms with E-state index in [9.17, 15) is 5.21 Å². The molecule has 12 heavy (non-hydrogen) atoms. The topological polar surface area (TPSA) is 23.5 Å². The van der Waals surface area contributed by atoms with Crippen LogP contribution in [0.4, 0.5) is 0 Å². The zero-order valence-corrected chi connectivity index (χ0v) is 7.57. The third kappa shape index (κ3) is 2.06. The Bertz CT molecular complexity index is 223. The molecule has 1 aromatic carbocycles. The highest BCUT2D eigenvalue weighted by Crippen LogP contribution is 2.16. The van der Waals surface area contributed by atoms with Crippen LogP contribution in [0.1, 0.15) is 25.5 Å². The van der Waals surface area contributed by atoms with Gasteiger partial charge in [0, 0.05) is 6.54 Å². The molecule has 0 amide bonds. The maximum absolute atomic E-state index is 9.41. The van der Waals surface area contributed by atoms with Crippen LogP contribution in [0.5, 0.6) is 0 Å². The lowest BCUT2D eigenvalue weighted by Crippen LogP contribution is -2.22. The van der Waals surface area contributed by atoms with Crippen LogP contribution in [0.2, 0.25) is 0 Å². The Morgan fingerprint density at radius 1 is 1.33 bits per heavy atom. The molecule has 0 aliphatic carbocycles. The summed E-state index contributed by atoms with van der Waals surface area (Å²) in [6.07, 6.45) is 0. The van der Waals surface area contributed by atoms with E-state index >= 15 is 0 Å². The summed E-state index contributed by atoms with van der Waals surface area (Å²) in [5, 5.41) is 10.7. The number of rotatable bonds is 3. The first-order chi connectivity index (χ1) is 5.75. The fraction of sp³-hybridized carbons (Fsp3) is 0.400. The van der Waals surface area contributed by atoms with Crippen LogP contribution in [0.3, 0.4) is 0 Å². The molecule has 1 N–H and O–H groups in total. The van der Waals surface area contributed by atoms with Crippen molar-refractivity contribution >= 4 is 0 Å². The quantitative estimate of drug-likeness (QED) is 0.695. The molecule has 2 nitrogen and oxygen atoms in total. The molecule has 0 aromatic heterocycles. The third-order valence-corrected chi connectivity index (χ3v) is 2.05. The molecule has 0 bridgehead atoms. The summed E-state index contributed by atoms with van der Waals surface area (Å²) in [4.78, 5) is 0. The van der Waals surface area contributed by atoms with Crippen LogP contribution in [-0.2, 0) is 0 Å². The van der Waals surface area contributed by atoms with Gasteiger partial charge in [-0.25, -0.2) is 0 Å². The van der Waals surface area contributed by atoms with Crippen molar-refractivity contribution in [3.8, 4) is 0 Å². The van der Waals surface area contributed by atoms with Gasteiger partial charge in [0.15, 0.2) is 0 Å². The Morgan fingerprint density at radius 3 is 2.42 bits per heavy atom. The summed E-state index contributed by atoms with van der Waals surface area (Å²) in [5.41, 5.74) is 1.14. The number of hydrogen-bond donors (Lipinski definition) is 1. The lowest BCUT2D eigenvalue weighted by molar-refractivity contribution is -0.119. The highest BCUT2D eigenvalue weighted by Gasteiger charge is 2.09.